The Kier molecular flexibility index (Phi) is 2.31. The van der Waals surface area contributed by atoms with Gasteiger partial charge in [0.1, 0.15) is 0 Å². The third kappa shape index (κ3) is 1.66. The van der Waals surface area contributed by atoms with Crippen LogP contribution in [0.1, 0.15) is 0 Å². The standard InChI is InChI=1S/C13H10N2S/c1-2-5-11(6-3-1)13-9-12(10-16-13)15-8-4-7-14-15/h1-10H. The lowest BCUT2D eigenvalue weighted by Crippen LogP contribution is -1.90. The third-order valence-corrected chi connectivity index (χ3v) is 3.38. The van der Waals surface area contributed by atoms with E-state index in [0.717, 1.165) is 5.69 Å². The van der Waals surface area contributed by atoms with E-state index in [4.69, 9.17) is 0 Å². The molecule has 78 valence electrons. The van der Waals surface area contributed by atoms with E-state index in [1.54, 1.807) is 17.5 Å². The number of rotatable bonds is 2. The Morgan fingerprint density at radius 1 is 1.06 bits per heavy atom. The molecule has 2 heterocycles. The van der Waals surface area contributed by atoms with E-state index in [2.05, 4.69) is 40.8 Å². The monoisotopic (exact) mass is 226 g/mol. The van der Waals surface area contributed by atoms with Gasteiger partial charge in [0.05, 0.1) is 5.69 Å². The molecule has 16 heavy (non-hydrogen) atoms. The molecule has 3 heteroatoms. The zero-order valence-corrected chi connectivity index (χ0v) is 9.39. The van der Waals surface area contributed by atoms with Crippen molar-refractivity contribution in [2.45, 2.75) is 0 Å². The van der Waals surface area contributed by atoms with Crippen molar-refractivity contribution in [3.63, 3.8) is 0 Å². The second-order valence-electron chi connectivity index (χ2n) is 3.49. The van der Waals surface area contributed by atoms with Crippen LogP contribution < -0.4 is 0 Å². The quantitative estimate of drug-likeness (QED) is 0.652. The van der Waals surface area contributed by atoms with E-state index >= 15 is 0 Å². The molecule has 0 aliphatic heterocycles. The Balaban J connectivity index is 2.00. The summed E-state index contributed by atoms with van der Waals surface area (Å²) in [6, 6.07) is 14.5. The van der Waals surface area contributed by atoms with Crippen LogP contribution in [0.15, 0.2) is 60.2 Å². The number of hydrogen-bond acceptors (Lipinski definition) is 2. The molecule has 0 fully saturated rings. The Labute approximate surface area is 97.8 Å². The first kappa shape index (κ1) is 9.36. The molecule has 3 rings (SSSR count). The lowest BCUT2D eigenvalue weighted by atomic mass is 10.2. The first-order valence-electron chi connectivity index (χ1n) is 5.07. The maximum Gasteiger partial charge on any atom is 0.0758 e. The Hall–Kier alpha value is -1.87. The number of aromatic nitrogens is 2. The van der Waals surface area contributed by atoms with Gasteiger partial charge in [0.15, 0.2) is 0 Å². The van der Waals surface area contributed by atoms with Crippen LogP contribution in [0.3, 0.4) is 0 Å². The summed E-state index contributed by atoms with van der Waals surface area (Å²) in [6.45, 7) is 0. The molecule has 2 aromatic heterocycles. The summed E-state index contributed by atoms with van der Waals surface area (Å²) in [4.78, 5) is 1.27. The molecule has 0 aliphatic carbocycles. The van der Waals surface area contributed by atoms with Crippen LogP contribution in [-0.4, -0.2) is 9.78 Å². The molecule has 0 bridgehead atoms. The molecule has 0 N–H and O–H groups in total. The maximum atomic E-state index is 4.22. The van der Waals surface area contributed by atoms with E-state index in [-0.39, 0.29) is 0 Å². The molecule has 3 aromatic rings. The normalized spacial score (nSPS) is 10.5. The second-order valence-corrected chi connectivity index (χ2v) is 4.40. The van der Waals surface area contributed by atoms with Gasteiger partial charge in [-0.2, -0.15) is 5.10 Å². The second kappa shape index (κ2) is 3.94. The molecule has 0 atom stereocenters. The highest BCUT2D eigenvalue weighted by molar-refractivity contribution is 7.13. The molecule has 0 amide bonds. The lowest BCUT2D eigenvalue weighted by Gasteiger charge is -1.96. The summed E-state index contributed by atoms with van der Waals surface area (Å²) in [7, 11) is 0. The minimum atomic E-state index is 1.12. The highest BCUT2D eigenvalue weighted by Gasteiger charge is 2.03. The molecule has 0 spiro atoms. The van der Waals surface area contributed by atoms with Gasteiger partial charge in [-0.25, -0.2) is 4.68 Å². The van der Waals surface area contributed by atoms with Crippen molar-refractivity contribution in [2.24, 2.45) is 0 Å². The number of nitrogens with zero attached hydrogens (tertiary/aromatic N) is 2. The highest BCUT2D eigenvalue weighted by atomic mass is 32.1. The van der Waals surface area contributed by atoms with Crippen molar-refractivity contribution < 1.29 is 0 Å². The number of hydrogen-bond donors (Lipinski definition) is 0. The molecule has 0 saturated carbocycles. The fraction of sp³-hybridized carbons (Fsp3) is 0. The van der Waals surface area contributed by atoms with Crippen LogP contribution in [-0.2, 0) is 0 Å². The highest BCUT2D eigenvalue weighted by Crippen LogP contribution is 2.28. The van der Waals surface area contributed by atoms with Gasteiger partial charge in [0.2, 0.25) is 0 Å². The van der Waals surface area contributed by atoms with Crippen LogP contribution in [0.5, 0.6) is 0 Å². The predicted octanol–water partition coefficient (Wildman–Crippen LogP) is 3.60. The summed E-state index contributed by atoms with van der Waals surface area (Å²) < 4.78 is 1.88. The topological polar surface area (TPSA) is 17.8 Å². The first-order valence-corrected chi connectivity index (χ1v) is 5.95. The van der Waals surface area contributed by atoms with Gasteiger partial charge < -0.3 is 0 Å². The van der Waals surface area contributed by atoms with Crippen LogP contribution >= 0.6 is 11.3 Å². The number of benzene rings is 1. The molecular weight excluding hydrogens is 216 g/mol. The van der Waals surface area contributed by atoms with E-state index in [0.29, 0.717) is 0 Å². The van der Waals surface area contributed by atoms with Gasteiger partial charge in [-0.15, -0.1) is 11.3 Å². The summed E-state index contributed by atoms with van der Waals surface area (Å²) in [5.74, 6) is 0. The molecule has 0 saturated heterocycles. The lowest BCUT2D eigenvalue weighted by molar-refractivity contribution is 0.885. The van der Waals surface area contributed by atoms with Gasteiger partial charge in [0.25, 0.3) is 0 Å². The van der Waals surface area contributed by atoms with Crippen molar-refractivity contribution in [2.75, 3.05) is 0 Å². The van der Waals surface area contributed by atoms with Crippen LogP contribution in [0, 0.1) is 0 Å². The van der Waals surface area contributed by atoms with Gasteiger partial charge in [-0.3, -0.25) is 0 Å². The Morgan fingerprint density at radius 2 is 1.94 bits per heavy atom. The predicted molar refractivity (Wildman–Crippen MR) is 66.9 cm³/mol. The fourth-order valence-corrected chi connectivity index (χ4v) is 2.51. The van der Waals surface area contributed by atoms with E-state index in [1.165, 1.54) is 10.4 Å². The minimum Gasteiger partial charge on any atom is -0.240 e. The average molecular weight is 226 g/mol. The molecule has 0 aliphatic rings. The van der Waals surface area contributed by atoms with Gasteiger partial charge in [-0.1, -0.05) is 30.3 Å². The Morgan fingerprint density at radius 3 is 2.69 bits per heavy atom. The van der Waals surface area contributed by atoms with Crippen molar-refractivity contribution >= 4 is 11.3 Å². The summed E-state index contributed by atoms with van der Waals surface area (Å²) in [6.07, 6.45) is 3.75. The molecule has 1 aromatic carbocycles. The van der Waals surface area contributed by atoms with Gasteiger partial charge >= 0.3 is 0 Å². The zero-order valence-electron chi connectivity index (χ0n) is 8.58. The first-order chi connectivity index (χ1) is 7.93. The third-order valence-electron chi connectivity index (χ3n) is 2.41. The van der Waals surface area contributed by atoms with Crippen molar-refractivity contribution in [1.82, 2.24) is 9.78 Å². The molecular formula is C13H10N2S. The van der Waals surface area contributed by atoms with E-state index < -0.39 is 0 Å². The fourth-order valence-electron chi connectivity index (χ4n) is 1.62. The van der Waals surface area contributed by atoms with Crippen molar-refractivity contribution in [3.05, 3.63) is 60.2 Å². The van der Waals surface area contributed by atoms with Crippen molar-refractivity contribution in [1.29, 1.82) is 0 Å². The smallest absolute Gasteiger partial charge is 0.0758 e. The molecule has 0 unspecified atom stereocenters. The number of thiophene rings is 1. The van der Waals surface area contributed by atoms with Crippen molar-refractivity contribution in [3.8, 4) is 16.1 Å². The van der Waals surface area contributed by atoms with E-state index in [9.17, 15) is 0 Å². The summed E-state index contributed by atoms with van der Waals surface area (Å²) in [5.41, 5.74) is 2.37. The average Bonchev–Trinajstić information content (AvgIpc) is 3.01. The maximum absolute atomic E-state index is 4.22. The zero-order chi connectivity index (χ0) is 10.8. The largest absolute Gasteiger partial charge is 0.240 e. The summed E-state index contributed by atoms with van der Waals surface area (Å²) >= 11 is 1.74. The molecule has 0 radical (unpaired) electrons. The Bertz CT molecular complexity index is 567. The van der Waals surface area contributed by atoms with Crippen LogP contribution in [0.2, 0.25) is 0 Å². The van der Waals surface area contributed by atoms with Gasteiger partial charge in [0, 0.05) is 22.7 Å². The minimum absolute atomic E-state index is 1.12. The van der Waals surface area contributed by atoms with Gasteiger partial charge in [-0.05, 0) is 17.7 Å². The van der Waals surface area contributed by atoms with E-state index in [1.807, 2.05) is 23.0 Å². The SMILES string of the molecule is c1ccc(-c2cc(-n3cccn3)cs2)cc1. The summed E-state index contributed by atoms with van der Waals surface area (Å²) in [5, 5.41) is 6.34. The van der Waals surface area contributed by atoms with Crippen LogP contribution in [0.25, 0.3) is 16.1 Å². The molecule has 2 nitrogen and oxygen atoms in total. The van der Waals surface area contributed by atoms with Crippen LogP contribution in [0.4, 0.5) is 0 Å².